The Morgan fingerprint density at radius 3 is 2.62 bits per heavy atom. The van der Waals surface area contributed by atoms with Crippen LogP contribution >= 0.6 is 0 Å². The van der Waals surface area contributed by atoms with Gasteiger partial charge in [0.2, 0.25) is 0 Å². The molecule has 0 spiro atoms. The van der Waals surface area contributed by atoms with E-state index in [4.69, 9.17) is 4.74 Å². The van der Waals surface area contributed by atoms with Crippen molar-refractivity contribution < 1.29 is 14.9 Å². The molecule has 0 aliphatic carbocycles. The normalized spacial score (nSPS) is 17.0. The Balaban J connectivity index is 1.52. The van der Waals surface area contributed by atoms with E-state index >= 15 is 0 Å². The number of nitrogens with one attached hydrogen (secondary N) is 1. The Bertz CT molecular complexity index is 610. The smallest absolute Gasteiger partial charge is 0.126 e. The summed E-state index contributed by atoms with van der Waals surface area (Å²) in [5.74, 6) is 1.31. The second-order valence-corrected chi connectivity index (χ2v) is 5.37. The molecule has 0 aromatic heterocycles. The van der Waals surface area contributed by atoms with Gasteiger partial charge in [0.05, 0.1) is 0 Å². The molecule has 1 aliphatic heterocycles. The number of ether oxygens (including phenoxy) is 1. The maximum Gasteiger partial charge on any atom is 0.126 e. The van der Waals surface area contributed by atoms with Gasteiger partial charge in [0.1, 0.15) is 23.4 Å². The van der Waals surface area contributed by atoms with Gasteiger partial charge in [0.15, 0.2) is 0 Å². The van der Waals surface area contributed by atoms with Crippen LogP contribution in [0.4, 0.5) is 0 Å². The number of fused-ring (bicyclic) bond motifs is 1. The fraction of sp³-hybridized carbons (Fsp3) is 0.294. The molecule has 1 atom stereocenters. The van der Waals surface area contributed by atoms with Crippen LogP contribution in [-0.4, -0.2) is 22.9 Å². The van der Waals surface area contributed by atoms with Crippen molar-refractivity contribution in [3.8, 4) is 17.2 Å². The molecular formula is C17H19NO3. The first kappa shape index (κ1) is 13.8. The van der Waals surface area contributed by atoms with Crippen LogP contribution in [0.15, 0.2) is 42.5 Å². The number of hydrogen-bond donors (Lipinski definition) is 3. The fourth-order valence-corrected chi connectivity index (χ4v) is 2.55. The molecular weight excluding hydrogens is 266 g/mol. The van der Waals surface area contributed by atoms with E-state index in [0.717, 1.165) is 42.8 Å². The lowest BCUT2D eigenvalue weighted by Crippen LogP contribution is -2.33. The molecule has 0 saturated carbocycles. The molecule has 1 aliphatic rings. The molecule has 3 rings (SSSR count). The summed E-state index contributed by atoms with van der Waals surface area (Å²) >= 11 is 0. The molecule has 2 aromatic rings. The zero-order chi connectivity index (χ0) is 14.7. The summed E-state index contributed by atoms with van der Waals surface area (Å²) in [6.07, 6.45) is 2.07. The molecule has 3 N–H and O–H groups in total. The number of aromatic hydroxyl groups is 2. The van der Waals surface area contributed by atoms with Gasteiger partial charge in [-0.05, 0) is 42.2 Å². The molecule has 2 aromatic carbocycles. The van der Waals surface area contributed by atoms with E-state index in [0.29, 0.717) is 0 Å². The van der Waals surface area contributed by atoms with Gasteiger partial charge < -0.3 is 20.3 Å². The van der Waals surface area contributed by atoms with Gasteiger partial charge in [-0.15, -0.1) is 0 Å². The van der Waals surface area contributed by atoms with Crippen molar-refractivity contribution in [2.45, 2.75) is 25.5 Å². The van der Waals surface area contributed by atoms with Crippen LogP contribution in [-0.2, 0) is 13.0 Å². The minimum atomic E-state index is 0.122. The van der Waals surface area contributed by atoms with Crippen LogP contribution in [0.1, 0.15) is 17.5 Å². The van der Waals surface area contributed by atoms with E-state index in [9.17, 15) is 10.2 Å². The highest BCUT2D eigenvalue weighted by molar-refractivity contribution is 5.41. The van der Waals surface area contributed by atoms with Gasteiger partial charge in [-0.2, -0.15) is 0 Å². The highest BCUT2D eigenvalue weighted by atomic mass is 16.5. The van der Waals surface area contributed by atoms with Crippen LogP contribution < -0.4 is 10.1 Å². The molecule has 21 heavy (non-hydrogen) atoms. The van der Waals surface area contributed by atoms with E-state index in [-0.39, 0.29) is 17.6 Å². The minimum Gasteiger partial charge on any atom is -0.508 e. The van der Waals surface area contributed by atoms with Crippen molar-refractivity contribution in [3.05, 3.63) is 53.6 Å². The van der Waals surface area contributed by atoms with Crippen molar-refractivity contribution in [1.82, 2.24) is 5.32 Å². The Kier molecular flexibility index (Phi) is 3.97. The average Bonchev–Trinajstić information content (AvgIpc) is 2.49. The standard InChI is InChI=1S/C17H19NO3/c19-14-5-1-12(2-6-14)10-18-11-16-8-4-13-3-7-15(20)9-17(13)21-16/h1-3,5-7,9,16,18-20H,4,8,10-11H2/t16-/m1/s1. The maximum atomic E-state index is 9.51. The first-order chi connectivity index (χ1) is 10.2. The molecule has 4 heteroatoms. The van der Waals surface area contributed by atoms with Crippen molar-refractivity contribution in [2.24, 2.45) is 0 Å². The molecule has 0 unspecified atom stereocenters. The van der Waals surface area contributed by atoms with Gasteiger partial charge in [-0.25, -0.2) is 0 Å². The Hall–Kier alpha value is -2.20. The second-order valence-electron chi connectivity index (χ2n) is 5.37. The van der Waals surface area contributed by atoms with Gasteiger partial charge in [-0.1, -0.05) is 18.2 Å². The topological polar surface area (TPSA) is 61.7 Å². The predicted octanol–water partition coefficient (Wildman–Crippen LogP) is 2.58. The molecule has 0 saturated heterocycles. The van der Waals surface area contributed by atoms with E-state index in [1.165, 1.54) is 0 Å². The van der Waals surface area contributed by atoms with Gasteiger partial charge >= 0.3 is 0 Å². The number of phenols is 2. The van der Waals surface area contributed by atoms with Gasteiger partial charge in [0.25, 0.3) is 0 Å². The summed E-state index contributed by atoms with van der Waals surface area (Å²) in [4.78, 5) is 0. The maximum absolute atomic E-state index is 9.51. The van der Waals surface area contributed by atoms with Crippen LogP contribution in [0.25, 0.3) is 0 Å². The summed E-state index contributed by atoms with van der Waals surface area (Å²) in [6.45, 7) is 1.50. The van der Waals surface area contributed by atoms with Crippen LogP contribution in [0.5, 0.6) is 17.2 Å². The first-order valence-electron chi connectivity index (χ1n) is 7.18. The van der Waals surface area contributed by atoms with E-state index < -0.39 is 0 Å². The number of phenolic OH excluding ortho intramolecular Hbond substituents is 2. The number of hydrogen-bond acceptors (Lipinski definition) is 4. The lowest BCUT2D eigenvalue weighted by Gasteiger charge is -2.26. The molecule has 4 nitrogen and oxygen atoms in total. The van der Waals surface area contributed by atoms with E-state index in [2.05, 4.69) is 5.32 Å². The molecule has 0 amide bonds. The highest BCUT2D eigenvalue weighted by Crippen LogP contribution is 2.30. The third kappa shape index (κ3) is 3.47. The van der Waals surface area contributed by atoms with Gasteiger partial charge in [0, 0.05) is 19.2 Å². The highest BCUT2D eigenvalue weighted by Gasteiger charge is 2.19. The average molecular weight is 285 g/mol. The third-order valence-electron chi connectivity index (χ3n) is 3.72. The van der Waals surface area contributed by atoms with Gasteiger partial charge in [-0.3, -0.25) is 0 Å². The zero-order valence-electron chi connectivity index (χ0n) is 11.7. The Morgan fingerprint density at radius 2 is 1.81 bits per heavy atom. The second kappa shape index (κ2) is 6.06. The number of benzene rings is 2. The summed E-state index contributed by atoms with van der Waals surface area (Å²) in [5, 5.41) is 22.1. The Labute approximate surface area is 124 Å². The lowest BCUT2D eigenvalue weighted by atomic mass is 10.0. The summed E-state index contributed by atoms with van der Waals surface area (Å²) < 4.78 is 5.91. The molecule has 1 heterocycles. The van der Waals surface area contributed by atoms with E-state index in [1.54, 1.807) is 24.3 Å². The van der Waals surface area contributed by atoms with Crippen molar-refractivity contribution >= 4 is 0 Å². The van der Waals surface area contributed by atoms with E-state index in [1.807, 2.05) is 18.2 Å². The monoisotopic (exact) mass is 285 g/mol. The SMILES string of the molecule is Oc1ccc(CNC[C@H]2CCc3ccc(O)cc3O2)cc1. The summed E-state index contributed by atoms with van der Waals surface area (Å²) in [6, 6.07) is 12.5. The third-order valence-corrected chi connectivity index (χ3v) is 3.72. The van der Waals surface area contributed by atoms with Crippen molar-refractivity contribution in [2.75, 3.05) is 6.54 Å². The summed E-state index contributed by atoms with van der Waals surface area (Å²) in [7, 11) is 0. The molecule has 0 fully saturated rings. The van der Waals surface area contributed by atoms with Crippen molar-refractivity contribution in [3.63, 3.8) is 0 Å². The Morgan fingerprint density at radius 1 is 1.05 bits per heavy atom. The number of rotatable bonds is 4. The first-order valence-corrected chi connectivity index (χ1v) is 7.18. The summed E-state index contributed by atoms with van der Waals surface area (Å²) in [5.41, 5.74) is 2.28. The molecule has 0 bridgehead atoms. The lowest BCUT2D eigenvalue weighted by molar-refractivity contribution is 0.169. The largest absolute Gasteiger partial charge is 0.508 e. The fourth-order valence-electron chi connectivity index (χ4n) is 2.55. The molecule has 0 radical (unpaired) electrons. The molecule has 110 valence electrons. The quantitative estimate of drug-likeness (QED) is 0.808. The van der Waals surface area contributed by atoms with Crippen LogP contribution in [0.2, 0.25) is 0 Å². The van der Waals surface area contributed by atoms with Crippen molar-refractivity contribution in [1.29, 1.82) is 0 Å². The van der Waals surface area contributed by atoms with Crippen LogP contribution in [0.3, 0.4) is 0 Å². The number of aryl methyl sites for hydroxylation is 1. The zero-order valence-corrected chi connectivity index (χ0v) is 11.7. The minimum absolute atomic E-state index is 0.122. The predicted molar refractivity (Wildman–Crippen MR) is 80.7 cm³/mol. The van der Waals surface area contributed by atoms with Crippen LogP contribution in [0, 0.1) is 0 Å².